The Morgan fingerprint density at radius 3 is 2.26 bits per heavy atom. The number of ketones is 4. The quantitative estimate of drug-likeness (QED) is 0.480. The minimum absolute atomic E-state index is 0.0607. The van der Waals surface area contributed by atoms with Crippen molar-refractivity contribution < 1.29 is 39.6 Å². The highest BCUT2D eigenvalue weighted by Crippen LogP contribution is 2.65. The second-order valence-corrected chi connectivity index (χ2v) is 10.7. The summed E-state index contributed by atoms with van der Waals surface area (Å²) in [6.07, 6.45) is -1.66. The van der Waals surface area contributed by atoms with Gasteiger partial charge in [0, 0.05) is 22.8 Å². The molecule has 0 fully saturated rings. The Kier molecular flexibility index (Phi) is 5.32. The van der Waals surface area contributed by atoms with Crippen molar-refractivity contribution in [1.29, 1.82) is 0 Å². The maximum absolute atomic E-state index is 13.8. The summed E-state index contributed by atoms with van der Waals surface area (Å²) in [4.78, 5) is 51.3. The van der Waals surface area contributed by atoms with Crippen LogP contribution in [0.5, 0.6) is 5.75 Å². The van der Waals surface area contributed by atoms with Crippen LogP contribution in [0.1, 0.15) is 75.4 Å². The largest absolute Gasteiger partial charge is 0.508 e. The molecule has 0 unspecified atom stereocenters. The van der Waals surface area contributed by atoms with Crippen molar-refractivity contribution in [3.05, 3.63) is 51.3 Å². The third-order valence-corrected chi connectivity index (χ3v) is 8.64. The van der Waals surface area contributed by atoms with Crippen LogP contribution in [0, 0.1) is 10.8 Å². The van der Waals surface area contributed by atoms with Crippen LogP contribution < -0.4 is 0 Å². The van der Waals surface area contributed by atoms with E-state index in [0.717, 1.165) is 0 Å². The minimum Gasteiger partial charge on any atom is -0.508 e. The SMILES string of the molecule is CC(=O)Cc1ccc2c(c1O)C(=O)C1=C(O)[C@@]3(O)C(=O)C(C(C)=O)=C(C)C[C@@]3(C)[C@H](O)[C@@]1(C)[C@@H]2C. The summed E-state index contributed by atoms with van der Waals surface area (Å²) >= 11 is 0. The normalized spacial score (nSPS) is 34.4. The number of aromatic hydroxyl groups is 1. The predicted molar refractivity (Wildman–Crippen MR) is 125 cm³/mol. The standard InChI is InChI=1S/C27H30O8/c1-11-10-25(5)24(34)26(6)13(3)16-8-7-15(9-12(2)28)20(30)18(16)21(31)19(26)23(33)27(25,35)22(32)17(11)14(4)29/h7-8,13,24,30,33-35H,9-10H2,1-6H3/t13-,24+,25+,26+,27+/m1/s1. The van der Waals surface area contributed by atoms with E-state index in [4.69, 9.17) is 0 Å². The lowest BCUT2D eigenvalue weighted by atomic mass is 9.44. The number of carbonyl (C=O) groups excluding carboxylic acids is 4. The van der Waals surface area contributed by atoms with E-state index >= 15 is 0 Å². The van der Waals surface area contributed by atoms with Gasteiger partial charge in [0.05, 0.1) is 22.8 Å². The molecule has 0 bridgehead atoms. The molecule has 3 aliphatic rings. The molecular weight excluding hydrogens is 452 g/mol. The van der Waals surface area contributed by atoms with Gasteiger partial charge >= 0.3 is 0 Å². The van der Waals surface area contributed by atoms with Crippen molar-refractivity contribution in [3.8, 4) is 5.75 Å². The number of allylic oxidation sites excluding steroid dienone is 1. The van der Waals surface area contributed by atoms with Gasteiger partial charge in [-0.1, -0.05) is 38.5 Å². The van der Waals surface area contributed by atoms with Crippen molar-refractivity contribution in [2.75, 3.05) is 0 Å². The average Bonchev–Trinajstić information content (AvgIpc) is 2.75. The molecule has 0 amide bonds. The number of hydrogen-bond donors (Lipinski definition) is 4. The molecule has 1 aromatic carbocycles. The van der Waals surface area contributed by atoms with Crippen molar-refractivity contribution in [1.82, 2.24) is 0 Å². The van der Waals surface area contributed by atoms with Crippen LogP contribution in [0.2, 0.25) is 0 Å². The highest BCUT2D eigenvalue weighted by Gasteiger charge is 2.72. The van der Waals surface area contributed by atoms with Gasteiger partial charge in [0.2, 0.25) is 5.78 Å². The smallest absolute Gasteiger partial charge is 0.206 e. The van der Waals surface area contributed by atoms with Gasteiger partial charge < -0.3 is 20.4 Å². The third kappa shape index (κ3) is 2.81. The van der Waals surface area contributed by atoms with Crippen LogP contribution in [-0.2, 0) is 20.8 Å². The molecule has 0 saturated heterocycles. The summed E-state index contributed by atoms with van der Waals surface area (Å²) in [7, 11) is 0. The summed E-state index contributed by atoms with van der Waals surface area (Å²) in [5.74, 6) is -4.70. The van der Waals surface area contributed by atoms with Gasteiger partial charge in [0.15, 0.2) is 17.2 Å². The summed E-state index contributed by atoms with van der Waals surface area (Å²) in [6, 6.07) is 3.18. The van der Waals surface area contributed by atoms with Gasteiger partial charge in [-0.2, -0.15) is 0 Å². The third-order valence-electron chi connectivity index (χ3n) is 8.64. The van der Waals surface area contributed by atoms with E-state index in [0.29, 0.717) is 11.1 Å². The summed E-state index contributed by atoms with van der Waals surface area (Å²) in [6.45, 7) is 8.88. The predicted octanol–water partition coefficient (Wildman–Crippen LogP) is 2.63. The molecule has 5 atom stereocenters. The number of fused-ring (bicyclic) bond motifs is 3. The summed E-state index contributed by atoms with van der Waals surface area (Å²) in [5, 5.41) is 46.0. The summed E-state index contributed by atoms with van der Waals surface area (Å²) < 4.78 is 0. The lowest BCUT2D eigenvalue weighted by Crippen LogP contribution is -2.70. The van der Waals surface area contributed by atoms with Crippen LogP contribution in [0.15, 0.2) is 34.6 Å². The molecule has 1 aromatic rings. The Labute approximate surface area is 203 Å². The molecule has 0 aliphatic heterocycles. The molecule has 8 nitrogen and oxygen atoms in total. The van der Waals surface area contributed by atoms with Crippen LogP contribution in [0.25, 0.3) is 0 Å². The fourth-order valence-corrected chi connectivity index (χ4v) is 6.68. The molecule has 8 heteroatoms. The maximum Gasteiger partial charge on any atom is 0.206 e. The highest BCUT2D eigenvalue weighted by molar-refractivity contribution is 6.25. The first-order valence-electron chi connectivity index (χ1n) is 11.6. The zero-order valence-electron chi connectivity index (χ0n) is 20.6. The van der Waals surface area contributed by atoms with Gasteiger partial charge in [0.25, 0.3) is 0 Å². The second-order valence-electron chi connectivity index (χ2n) is 10.7. The van der Waals surface area contributed by atoms with E-state index in [1.165, 1.54) is 20.8 Å². The molecule has 0 saturated carbocycles. The molecule has 3 aliphatic carbocycles. The average molecular weight is 483 g/mol. The first kappa shape index (κ1) is 25.0. The number of hydrogen-bond acceptors (Lipinski definition) is 8. The lowest BCUT2D eigenvalue weighted by molar-refractivity contribution is -0.188. The Morgan fingerprint density at radius 2 is 1.71 bits per heavy atom. The monoisotopic (exact) mass is 482 g/mol. The van der Waals surface area contributed by atoms with Crippen molar-refractivity contribution in [2.45, 2.75) is 72.0 Å². The minimum atomic E-state index is -2.72. The topological polar surface area (TPSA) is 149 Å². The van der Waals surface area contributed by atoms with E-state index < -0.39 is 57.3 Å². The Morgan fingerprint density at radius 1 is 1.11 bits per heavy atom. The van der Waals surface area contributed by atoms with Gasteiger partial charge in [0.1, 0.15) is 17.3 Å². The molecule has 0 radical (unpaired) electrons. The van der Waals surface area contributed by atoms with Crippen molar-refractivity contribution >= 4 is 23.1 Å². The molecule has 0 spiro atoms. The second kappa shape index (κ2) is 7.45. The van der Waals surface area contributed by atoms with Crippen LogP contribution in [-0.4, -0.2) is 55.3 Å². The zero-order valence-corrected chi connectivity index (χ0v) is 20.6. The maximum atomic E-state index is 13.8. The van der Waals surface area contributed by atoms with Crippen LogP contribution >= 0.6 is 0 Å². The number of carbonyl (C=O) groups is 4. The number of Topliss-reactive ketones (excluding diaryl/α,β-unsaturated/α-hetero) is 4. The van der Waals surface area contributed by atoms with Crippen molar-refractivity contribution in [2.24, 2.45) is 10.8 Å². The first-order chi connectivity index (χ1) is 16.1. The molecule has 186 valence electrons. The number of aliphatic hydroxyl groups is 3. The molecule has 4 rings (SSSR count). The van der Waals surface area contributed by atoms with E-state index in [1.54, 1.807) is 32.9 Å². The van der Waals surface area contributed by atoms with Crippen LogP contribution in [0.4, 0.5) is 0 Å². The van der Waals surface area contributed by atoms with E-state index in [9.17, 15) is 39.6 Å². The van der Waals surface area contributed by atoms with E-state index in [-0.39, 0.29) is 40.9 Å². The van der Waals surface area contributed by atoms with Gasteiger partial charge in [-0.05, 0) is 38.7 Å². The highest BCUT2D eigenvalue weighted by atomic mass is 16.4. The zero-order chi connectivity index (χ0) is 26.4. The Hall–Kier alpha value is -3.10. The van der Waals surface area contributed by atoms with Crippen molar-refractivity contribution in [3.63, 3.8) is 0 Å². The molecule has 0 aromatic heterocycles. The number of rotatable bonds is 3. The number of benzene rings is 1. The van der Waals surface area contributed by atoms with E-state index in [1.807, 2.05) is 0 Å². The van der Waals surface area contributed by atoms with E-state index in [2.05, 4.69) is 0 Å². The fourth-order valence-electron chi connectivity index (χ4n) is 6.68. The molecule has 4 N–H and O–H groups in total. The Bertz CT molecular complexity index is 1300. The molecule has 35 heavy (non-hydrogen) atoms. The number of phenols is 1. The Balaban J connectivity index is 2.07. The number of phenolic OH excluding ortho intramolecular Hbond substituents is 1. The van der Waals surface area contributed by atoms with Gasteiger partial charge in [-0.15, -0.1) is 0 Å². The molecule has 0 heterocycles. The van der Waals surface area contributed by atoms with Gasteiger partial charge in [-0.3, -0.25) is 19.2 Å². The van der Waals surface area contributed by atoms with Gasteiger partial charge in [-0.25, -0.2) is 0 Å². The van der Waals surface area contributed by atoms with Crippen LogP contribution in [0.3, 0.4) is 0 Å². The summed E-state index contributed by atoms with van der Waals surface area (Å²) in [5.41, 5.74) is -5.55. The molecular formula is C27H30O8. The first-order valence-corrected chi connectivity index (χ1v) is 11.6. The fraction of sp³-hybridized carbons (Fsp3) is 0.481. The lowest BCUT2D eigenvalue weighted by Gasteiger charge is -2.60. The number of aliphatic hydroxyl groups excluding tert-OH is 2.